The standard InChI is InChI=1S/C12H21NO2/c1-9(14)2-3-11(8-13)10-4-6-12(15)7-5-10/h9-12,14-15H,2-7H2,1H3. The van der Waals surface area contributed by atoms with E-state index in [4.69, 9.17) is 5.26 Å². The van der Waals surface area contributed by atoms with Crippen molar-refractivity contribution >= 4 is 0 Å². The largest absolute Gasteiger partial charge is 0.393 e. The van der Waals surface area contributed by atoms with Crippen LogP contribution in [-0.4, -0.2) is 22.4 Å². The Bertz CT molecular complexity index is 214. The van der Waals surface area contributed by atoms with Gasteiger partial charge >= 0.3 is 0 Å². The monoisotopic (exact) mass is 211 g/mol. The second kappa shape index (κ2) is 6.09. The van der Waals surface area contributed by atoms with E-state index in [2.05, 4.69) is 6.07 Å². The number of rotatable bonds is 4. The van der Waals surface area contributed by atoms with Gasteiger partial charge in [-0.15, -0.1) is 0 Å². The van der Waals surface area contributed by atoms with Crippen LogP contribution in [0, 0.1) is 23.2 Å². The molecule has 3 heteroatoms. The molecule has 0 heterocycles. The molecule has 1 fully saturated rings. The van der Waals surface area contributed by atoms with Gasteiger partial charge < -0.3 is 10.2 Å². The van der Waals surface area contributed by atoms with Crippen molar-refractivity contribution in [2.75, 3.05) is 0 Å². The molecular weight excluding hydrogens is 190 g/mol. The molecule has 0 aliphatic heterocycles. The summed E-state index contributed by atoms with van der Waals surface area (Å²) in [5.41, 5.74) is 0. The maximum absolute atomic E-state index is 9.38. The van der Waals surface area contributed by atoms with Crippen molar-refractivity contribution in [2.45, 2.75) is 57.7 Å². The first-order valence-corrected chi connectivity index (χ1v) is 5.89. The first-order chi connectivity index (χ1) is 7.13. The van der Waals surface area contributed by atoms with Gasteiger partial charge in [0, 0.05) is 5.92 Å². The van der Waals surface area contributed by atoms with Crippen LogP contribution in [0.5, 0.6) is 0 Å². The quantitative estimate of drug-likeness (QED) is 0.745. The Morgan fingerprint density at radius 2 is 1.87 bits per heavy atom. The first-order valence-electron chi connectivity index (χ1n) is 5.89. The average molecular weight is 211 g/mol. The fourth-order valence-electron chi connectivity index (χ4n) is 2.33. The van der Waals surface area contributed by atoms with Crippen molar-refractivity contribution in [2.24, 2.45) is 11.8 Å². The summed E-state index contributed by atoms with van der Waals surface area (Å²) in [6.45, 7) is 1.76. The Kier molecular flexibility index (Phi) is 5.07. The smallest absolute Gasteiger partial charge is 0.0658 e. The summed E-state index contributed by atoms with van der Waals surface area (Å²) in [6, 6.07) is 2.35. The van der Waals surface area contributed by atoms with Gasteiger partial charge in [-0.3, -0.25) is 0 Å². The maximum Gasteiger partial charge on any atom is 0.0658 e. The van der Waals surface area contributed by atoms with Crippen LogP contribution in [-0.2, 0) is 0 Å². The highest BCUT2D eigenvalue weighted by Crippen LogP contribution is 2.32. The summed E-state index contributed by atoms with van der Waals surface area (Å²) in [6.07, 6.45) is 4.60. The number of aliphatic hydroxyl groups is 2. The Hall–Kier alpha value is -0.590. The van der Waals surface area contributed by atoms with Crippen LogP contribution in [0.4, 0.5) is 0 Å². The SMILES string of the molecule is CC(O)CCC(C#N)C1CCC(O)CC1. The van der Waals surface area contributed by atoms with Crippen molar-refractivity contribution in [1.29, 1.82) is 5.26 Å². The molecule has 0 aromatic rings. The summed E-state index contributed by atoms with van der Waals surface area (Å²) in [5.74, 6) is 0.490. The Labute approximate surface area is 91.7 Å². The summed E-state index contributed by atoms with van der Waals surface area (Å²) < 4.78 is 0. The topological polar surface area (TPSA) is 64.2 Å². The van der Waals surface area contributed by atoms with Gasteiger partial charge in [0.15, 0.2) is 0 Å². The normalized spacial score (nSPS) is 30.5. The van der Waals surface area contributed by atoms with Gasteiger partial charge in [0.25, 0.3) is 0 Å². The van der Waals surface area contributed by atoms with Gasteiger partial charge in [-0.1, -0.05) is 0 Å². The molecule has 1 saturated carbocycles. The van der Waals surface area contributed by atoms with Crippen LogP contribution in [0.15, 0.2) is 0 Å². The lowest BCUT2D eigenvalue weighted by Gasteiger charge is -2.28. The van der Waals surface area contributed by atoms with Crippen molar-refractivity contribution < 1.29 is 10.2 Å². The van der Waals surface area contributed by atoms with Crippen LogP contribution >= 0.6 is 0 Å². The molecule has 0 amide bonds. The highest BCUT2D eigenvalue weighted by atomic mass is 16.3. The lowest BCUT2D eigenvalue weighted by Crippen LogP contribution is -2.24. The van der Waals surface area contributed by atoms with E-state index in [9.17, 15) is 10.2 Å². The van der Waals surface area contributed by atoms with E-state index >= 15 is 0 Å². The zero-order chi connectivity index (χ0) is 11.3. The third kappa shape index (κ3) is 4.19. The molecule has 15 heavy (non-hydrogen) atoms. The number of nitriles is 1. The predicted octanol–water partition coefficient (Wildman–Crippen LogP) is 1.84. The molecule has 0 spiro atoms. The van der Waals surface area contributed by atoms with Gasteiger partial charge in [-0.2, -0.15) is 5.26 Å². The van der Waals surface area contributed by atoms with E-state index in [1.807, 2.05) is 0 Å². The van der Waals surface area contributed by atoms with Gasteiger partial charge in [-0.25, -0.2) is 0 Å². The molecule has 86 valence electrons. The van der Waals surface area contributed by atoms with Crippen molar-refractivity contribution in [1.82, 2.24) is 0 Å². The fraction of sp³-hybridized carbons (Fsp3) is 0.917. The Morgan fingerprint density at radius 1 is 1.27 bits per heavy atom. The molecule has 1 aliphatic carbocycles. The van der Waals surface area contributed by atoms with Gasteiger partial charge in [0.2, 0.25) is 0 Å². The molecule has 0 aromatic carbocycles. The lowest BCUT2D eigenvalue weighted by atomic mass is 9.77. The highest BCUT2D eigenvalue weighted by Gasteiger charge is 2.26. The molecule has 0 radical (unpaired) electrons. The third-order valence-electron chi connectivity index (χ3n) is 3.37. The zero-order valence-corrected chi connectivity index (χ0v) is 9.39. The van der Waals surface area contributed by atoms with Crippen LogP contribution in [0.3, 0.4) is 0 Å². The van der Waals surface area contributed by atoms with E-state index in [-0.39, 0.29) is 18.1 Å². The highest BCUT2D eigenvalue weighted by molar-refractivity contribution is 4.90. The van der Waals surface area contributed by atoms with Crippen molar-refractivity contribution in [3.05, 3.63) is 0 Å². The second-order valence-corrected chi connectivity index (χ2v) is 4.73. The molecule has 0 saturated heterocycles. The summed E-state index contributed by atoms with van der Waals surface area (Å²) in [4.78, 5) is 0. The summed E-state index contributed by atoms with van der Waals surface area (Å²) in [5, 5.41) is 27.6. The van der Waals surface area contributed by atoms with E-state index in [1.165, 1.54) is 0 Å². The molecule has 2 N–H and O–H groups in total. The van der Waals surface area contributed by atoms with Crippen LogP contribution < -0.4 is 0 Å². The molecule has 0 bridgehead atoms. The van der Waals surface area contributed by atoms with Crippen LogP contribution in [0.1, 0.15) is 45.4 Å². The molecule has 1 aliphatic rings. The Morgan fingerprint density at radius 3 is 2.33 bits per heavy atom. The van der Waals surface area contributed by atoms with E-state index in [0.29, 0.717) is 12.3 Å². The van der Waals surface area contributed by atoms with Gasteiger partial charge in [0.1, 0.15) is 0 Å². The van der Waals surface area contributed by atoms with E-state index in [1.54, 1.807) is 6.92 Å². The molecule has 3 nitrogen and oxygen atoms in total. The molecule has 2 atom stereocenters. The minimum absolute atomic E-state index is 0.0621. The van der Waals surface area contributed by atoms with Crippen molar-refractivity contribution in [3.8, 4) is 6.07 Å². The summed E-state index contributed by atoms with van der Waals surface area (Å²) in [7, 11) is 0. The van der Waals surface area contributed by atoms with E-state index in [0.717, 1.165) is 32.1 Å². The molecular formula is C12H21NO2. The lowest BCUT2D eigenvalue weighted by molar-refractivity contribution is 0.0935. The predicted molar refractivity (Wildman–Crippen MR) is 58.0 cm³/mol. The maximum atomic E-state index is 9.38. The fourth-order valence-corrected chi connectivity index (χ4v) is 2.33. The summed E-state index contributed by atoms with van der Waals surface area (Å²) >= 11 is 0. The van der Waals surface area contributed by atoms with Gasteiger partial charge in [-0.05, 0) is 51.4 Å². The zero-order valence-electron chi connectivity index (χ0n) is 9.39. The number of hydrogen-bond donors (Lipinski definition) is 2. The number of aliphatic hydroxyl groups excluding tert-OH is 2. The molecule has 2 unspecified atom stereocenters. The van der Waals surface area contributed by atoms with Crippen molar-refractivity contribution in [3.63, 3.8) is 0 Å². The average Bonchev–Trinajstić information content (AvgIpc) is 2.21. The minimum atomic E-state index is -0.310. The number of hydrogen-bond acceptors (Lipinski definition) is 3. The minimum Gasteiger partial charge on any atom is -0.393 e. The van der Waals surface area contributed by atoms with Crippen LogP contribution in [0.2, 0.25) is 0 Å². The molecule has 1 rings (SSSR count). The number of nitrogens with zero attached hydrogens (tertiary/aromatic N) is 1. The Balaban J connectivity index is 2.35. The van der Waals surface area contributed by atoms with Gasteiger partial charge in [0.05, 0.1) is 18.3 Å². The van der Waals surface area contributed by atoms with E-state index < -0.39 is 0 Å². The third-order valence-corrected chi connectivity index (χ3v) is 3.37. The van der Waals surface area contributed by atoms with Crippen LogP contribution in [0.25, 0.3) is 0 Å². The first kappa shape index (κ1) is 12.5. The second-order valence-electron chi connectivity index (χ2n) is 4.73. The molecule has 0 aromatic heterocycles.